The molecule has 1 aromatic carbocycles. The fraction of sp³-hybridized carbons (Fsp3) is 0.556. The van der Waals surface area contributed by atoms with Crippen molar-refractivity contribution in [1.82, 2.24) is 0 Å². The Morgan fingerprint density at radius 2 is 2.13 bits per heavy atom. The van der Waals surface area contributed by atoms with Crippen LogP contribution in [0.15, 0.2) is 12.1 Å². The number of fused-ring (bicyclic) bond motifs is 1. The minimum absolute atomic E-state index is 0.0727. The van der Waals surface area contributed by atoms with Crippen molar-refractivity contribution in [2.24, 2.45) is 11.7 Å². The number of rotatable bonds is 1. The van der Waals surface area contributed by atoms with Gasteiger partial charge < -0.3 is 15.9 Å². The second-order valence-electron chi connectivity index (χ2n) is 7.38. The minimum atomic E-state index is -0.904. The number of Topliss-reactive ketones (excluding diaryl/α,β-unsaturated/α-hetero) is 1. The molecular formula is C18H21NO3S. The van der Waals surface area contributed by atoms with Crippen LogP contribution in [0.2, 0.25) is 0 Å². The van der Waals surface area contributed by atoms with Gasteiger partial charge in [0.05, 0.1) is 11.2 Å². The highest BCUT2D eigenvalue weighted by Crippen LogP contribution is 2.62. The van der Waals surface area contributed by atoms with Crippen molar-refractivity contribution in [1.29, 1.82) is 0 Å². The van der Waals surface area contributed by atoms with E-state index in [2.05, 4.69) is 0 Å². The van der Waals surface area contributed by atoms with Gasteiger partial charge in [0.15, 0.2) is 0 Å². The summed E-state index contributed by atoms with van der Waals surface area (Å²) in [6.45, 7) is 0. The molecular weight excluding hydrogens is 310 g/mol. The molecule has 0 amide bonds. The second-order valence-corrected chi connectivity index (χ2v) is 7.82. The Morgan fingerprint density at radius 1 is 1.35 bits per heavy atom. The van der Waals surface area contributed by atoms with Crippen molar-refractivity contribution in [3.8, 4) is 5.75 Å². The first-order valence-corrected chi connectivity index (χ1v) is 8.69. The molecule has 4 rings (SSSR count). The van der Waals surface area contributed by atoms with Gasteiger partial charge in [0.25, 0.3) is 0 Å². The van der Waals surface area contributed by atoms with E-state index in [-0.39, 0.29) is 22.4 Å². The predicted molar refractivity (Wildman–Crippen MR) is 90.5 cm³/mol. The van der Waals surface area contributed by atoms with Gasteiger partial charge in [0.2, 0.25) is 0 Å². The van der Waals surface area contributed by atoms with Gasteiger partial charge in [-0.15, -0.1) is 0 Å². The zero-order valence-electron chi connectivity index (χ0n) is 13.0. The minimum Gasteiger partial charge on any atom is -0.507 e. The first kappa shape index (κ1) is 15.1. The molecule has 4 nitrogen and oxygen atoms in total. The van der Waals surface area contributed by atoms with Crippen LogP contribution in [0.4, 0.5) is 0 Å². The fourth-order valence-corrected chi connectivity index (χ4v) is 5.60. The Balaban J connectivity index is 2.02. The molecule has 122 valence electrons. The maximum absolute atomic E-state index is 12.3. The van der Waals surface area contributed by atoms with Crippen LogP contribution >= 0.6 is 12.2 Å². The van der Waals surface area contributed by atoms with E-state index in [0.29, 0.717) is 24.8 Å². The van der Waals surface area contributed by atoms with Crippen LogP contribution in [0.25, 0.3) is 0 Å². The number of hydrogen-bond acceptors (Lipinski definition) is 4. The standard InChI is InChI=1S/C18H21NO3S/c19-16(23)13-4-3-10-8-11-2-1-6-17(14(10)15(13)21)9-12(20)5-7-18(11,17)22/h3-4,11,21-22H,1-2,5-9H2,(H2,19,23)/t11-,17-,18-/m1/s1. The van der Waals surface area contributed by atoms with E-state index >= 15 is 0 Å². The molecule has 2 fully saturated rings. The number of ketones is 1. The molecule has 0 saturated heterocycles. The van der Waals surface area contributed by atoms with Gasteiger partial charge in [-0.05, 0) is 43.2 Å². The molecule has 23 heavy (non-hydrogen) atoms. The van der Waals surface area contributed by atoms with Gasteiger partial charge in [-0.1, -0.05) is 24.7 Å². The van der Waals surface area contributed by atoms with E-state index in [1.165, 1.54) is 0 Å². The monoisotopic (exact) mass is 331 g/mol. The van der Waals surface area contributed by atoms with E-state index in [1.54, 1.807) is 6.07 Å². The lowest BCUT2D eigenvalue weighted by Crippen LogP contribution is -2.64. The van der Waals surface area contributed by atoms with Gasteiger partial charge in [-0.25, -0.2) is 0 Å². The third-order valence-electron chi connectivity index (χ3n) is 6.42. The maximum atomic E-state index is 12.3. The molecule has 2 saturated carbocycles. The molecule has 3 aliphatic carbocycles. The van der Waals surface area contributed by atoms with Gasteiger partial charge in [-0.2, -0.15) is 0 Å². The molecule has 0 aliphatic heterocycles. The van der Waals surface area contributed by atoms with Gasteiger partial charge in [0.1, 0.15) is 16.5 Å². The van der Waals surface area contributed by atoms with Crippen molar-refractivity contribution >= 4 is 23.0 Å². The zero-order chi connectivity index (χ0) is 16.4. The largest absolute Gasteiger partial charge is 0.507 e. The molecule has 0 unspecified atom stereocenters. The second kappa shape index (κ2) is 4.77. The molecule has 3 atom stereocenters. The highest BCUT2D eigenvalue weighted by Gasteiger charge is 2.63. The van der Waals surface area contributed by atoms with E-state index in [0.717, 1.165) is 36.8 Å². The Morgan fingerprint density at radius 3 is 2.87 bits per heavy atom. The molecule has 0 aromatic heterocycles. The van der Waals surface area contributed by atoms with Gasteiger partial charge >= 0.3 is 0 Å². The fourth-order valence-electron chi connectivity index (χ4n) is 5.44. The van der Waals surface area contributed by atoms with Crippen LogP contribution in [0, 0.1) is 5.92 Å². The summed E-state index contributed by atoms with van der Waals surface area (Å²) in [7, 11) is 0. The number of phenolic OH excluding ortho intramolecular Hbond substituents is 1. The summed E-state index contributed by atoms with van der Waals surface area (Å²) >= 11 is 5.05. The smallest absolute Gasteiger partial charge is 0.134 e. The lowest BCUT2D eigenvalue weighted by atomic mass is 9.46. The highest BCUT2D eigenvalue weighted by atomic mass is 32.1. The summed E-state index contributed by atoms with van der Waals surface area (Å²) in [5, 5.41) is 22.4. The maximum Gasteiger partial charge on any atom is 0.134 e. The predicted octanol–water partition coefficient (Wildman–Crippen LogP) is 2.10. The summed E-state index contributed by atoms with van der Waals surface area (Å²) in [6.07, 6.45) is 4.65. The van der Waals surface area contributed by atoms with Crippen molar-refractivity contribution < 1.29 is 15.0 Å². The SMILES string of the molecule is NC(=S)c1ccc2c(c1O)[C@]13CCC[C@H](C2)[C@]1(O)CCC(=O)C3. The first-order valence-electron chi connectivity index (χ1n) is 8.28. The Kier molecular flexibility index (Phi) is 3.13. The van der Waals surface area contributed by atoms with Crippen LogP contribution < -0.4 is 5.73 Å². The average Bonchev–Trinajstić information content (AvgIpc) is 2.47. The van der Waals surface area contributed by atoms with E-state index in [1.807, 2.05) is 6.07 Å². The van der Waals surface area contributed by atoms with Gasteiger partial charge in [0, 0.05) is 23.8 Å². The first-order chi connectivity index (χ1) is 10.9. The zero-order valence-corrected chi connectivity index (χ0v) is 13.8. The number of phenols is 1. The van der Waals surface area contributed by atoms with Crippen LogP contribution in [-0.4, -0.2) is 26.6 Å². The number of hydrogen-bond donors (Lipinski definition) is 3. The number of aromatic hydroxyl groups is 1. The number of benzene rings is 1. The summed E-state index contributed by atoms with van der Waals surface area (Å²) < 4.78 is 0. The molecule has 0 spiro atoms. The van der Waals surface area contributed by atoms with Gasteiger partial charge in [-0.3, -0.25) is 4.79 Å². The van der Waals surface area contributed by atoms with E-state index in [9.17, 15) is 15.0 Å². The number of aliphatic hydroxyl groups is 1. The normalized spacial score (nSPS) is 35.3. The van der Waals surface area contributed by atoms with Crippen molar-refractivity contribution in [2.45, 2.75) is 56.0 Å². The number of nitrogens with two attached hydrogens (primary N) is 1. The quantitative estimate of drug-likeness (QED) is 0.687. The number of carbonyl (C=O) groups is 1. The number of thiocarbonyl (C=S) groups is 1. The average molecular weight is 331 g/mol. The molecule has 3 aliphatic rings. The third-order valence-corrected chi connectivity index (χ3v) is 6.64. The molecule has 5 heteroatoms. The highest BCUT2D eigenvalue weighted by molar-refractivity contribution is 7.80. The lowest BCUT2D eigenvalue weighted by molar-refractivity contribution is -0.160. The Hall–Kier alpha value is -1.46. The summed E-state index contributed by atoms with van der Waals surface area (Å²) in [5.74, 6) is 0.402. The summed E-state index contributed by atoms with van der Waals surface area (Å²) in [6, 6.07) is 3.72. The van der Waals surface area contributed by atoms with Crippen molar-refractivity contribution in [3.05, 3.63) is 28.8 Å². The molecule has 0 radical (unpaired) electrons. The van der Waals surface area contributed by atoms with E-state index in [4.69, 9.17) is 18.0 Å². The Bertz CT molecular complexity index is 731. The topological polar surface area (TPSA) is 83.6 Å². The third kappa shape index (κ3) is 1.81. The number of carbonyl (C=O) groups excluding carboxylic acids is 1. The van der Waals surface area contributed by atoms with Crippen LogP contribution in [0.5, 0.6) is 5.75 Å². The molecule has 0 heterocycles. The van der Waals surface area contributed by atoms with E-state index < -0.39 is 11.0 Å². The van der Waals surface area contributed by atoms with Crippen LogP contribution in [-0.2, 0) is 16.6 Å². The molecule has 1 aromatic rings. The summed E-state index contributed by atoms with van der Waals surface area (Å²) in [5.41, 5.74) is 6.37. The Labute approximate surface area is 140 Å². The van der Waals surface area contributed by atoms with Crippen LogP contribution in [0.1, 0.15) is 55.2 Å². The molecule has 4 N–H and O–H groups in total. The van der Waals surface area contributed by atoms with Crippen LogP contribution in [0.3, 0.4) is 0 Å². The molecule has 2 bridgehead atoms. The summed E-state index contributed by atoms with van der Waals surface area (Å²) in [4.78, 5) is 12.4. The van der Waals surface area contributed by atoms with Crippen molar-refractivity contribution in [2.75, 3.05) is 0 Å². The van der Waals surface area contributed by atoms with Crippen molar-refractivity contribution in [3.63, 3.8) is 0 Å². The lowest BCUT2D eigenvalue weighted by Gasteiger charge is -2.60.